The van der Waals surface area contributed by atoms with Gasteiger partial charge in [-0.05, 0) is 49.9 Å². The van der Waals surface area contributed by atoms with Gasteiger partial charge in [0.1, 0.15) is 0 Å². The Morgan fingerprint density at radius 1 is 1.24 bits per heavy atom. The van der Waals surface area contributed by atoms with Gasteiger partial charge in [0.25, 0.3) is 0 Å². The van der Waals surface area contributed by atoms with Crippen LogP contribution in [0.25, 0.3) is 0 Å². The van der Waals surface area contributed by atoms with Crippen molar-refractivity contribution in [3.8, 4) is 0 Å². The maximum atomic E-state index is 12.5. The lowest BCUT2D eigenvalue weighted by Crippen LogP contribution is -2.37. The fraction of sp³-hybridized carbons (Fsp3) is 0.533. The van der Waals surface area contributed by atoms with Crippen molar-refractivity contribution in [1.82, 2.24) is 4.31 Å². The van der Waals surface area contributed by atoms with Gasteiger partial charge in [-0.25, -0.2) is 13.2 Å². The molecule has 116 valence electrons. The second-order valence-electron chi connectivity index (χ2n) is 5.33. The number of sulfonamides is 1. The van der Waals surface area contributed by atoms with Gasteiger partial charge in [-0.2, -0.15) is 4.31 Å². The van der Waals surface area contributed by atoms with E-state index in [0.29, 0.717) is 31.2 Å². The molecule has 0 saturated carbocycles. The molecule has 0 amide bonds. The molecule has 1 aliphatic heterocycles. The van der Waals surface area contributed by atoms with E-state index in [1.807, 2.05) is 0 Å². The zero-order chi connectivity index (χ0) is 15.5. The first-order valence-corrected chi connectivity index (χ1v) is 8.66. The number of carbonyl (C=O) groups excluding carboxylic acids is 1. The summed E-state index contributed by atoms with van der Waals surface area (Å²) in [6.07, 6.45) is 1.78. The van der Waals surface area contributed by atoms with E-state index in [1.165, 1.54) is 28.6 Å². The Kier molecular flexibility index (Phi) is 5.00. The minimum Gasteiger partial charge on any atom is -0.462 e. The van der Waals surface area contributed by atoms with E-state index in [-0.39, 0.29) is 4.90 Å². The van der Waals surface area contributed by atoms with Crippen LogP contribution in [-0.2, 0) is 14.8 Å². The predicted octanol–water partition coefficient (Wildman–Crippen LogP) is 2.28. The minimum absolute atomic E-state index is 0.227. The largest absolute Gasteiger partial charge is 0.462 e. The molecule has 1 heterocycles. The fourth-order valence-electron chi connectivity index (χ4n) is 2.35. The van der Waals surface area contributed by atoms with Crippen LogP contribution in [-0.4, -0.2) is 38.4 Å². The van der Waals surface area contributed by atoms with Crippen molar-refractivity contribution in [1.29, 1.82) is 0 Å². The SMILES string of the molecule is CCOC(=O)c1ccc(S(=O)(=O)N2CCC(C)CC2)cc1. The Morgan fingerprint density at radius 2 is 1.81 bits per heavy atom. The molecule has 0 bridgehead atoms. The molecule has 0 atom stereocenters. The van der Waals surface area contributed by atoms with Gasteiger partial charge < -0.3 is 4.74 Å². The number of benzene rings is 1. The van der Waals surface area contributed by atoms with E-state index < -0.39 is 16.0 Å². The van der Waals surface area contributed by atoms with Crippen LogP contribution < -0.4 is 0 Å². The lowest BCUT2D eigenvalue weighted by Gasteiger charge is -2.29. The topological polar surface area (TPSA) is 63.7 Å². The number of esters is 1. The average molecular weight is 311 g/mol. The first-order valence-electron chi connectivity index (χ1n) is 7.22. The average Bonchev–Trinajstić information content (AvgIpc) is 2.48. The van der Waals surface area contributed by atoms with Crippen LogP contribution in [0.2, 0.25) is 0 Å². The molecule has 0 aromatic heterocycles. The quantitative estimate of drug-likeness (QED) is 0.800. The van der Waals surface area contributed by atoms with Crippen molar-refractivity contribution >= 4 is 16.0 Å². The van der Waals surface area contributed by atoms with Crippen molar-refractivity contribution in [2.24, 2.45) is 5.92 Å². The van der Waals surface area contributed by atoms with Gasteiger partial charge in [0.15, 0.2) is 0 Å². The maximum Gasteiger partial charge on any atom is 0.338 e. The summed E-state index contributed by atoms with van der Waals surface area (Å²) in [6.45, 7) is 5.28. The summed E-state index contributed by atoms with van der Waals surface area (Å²) in [5.74, 6) is 0.135. The Morgan fingerprint density at radius 3 is 2.33 bits per heavy atom. The molecule has 2 rings (SSSR count). The van der Waals surface area contributed by atoms with Crippen LogP contribution >= 0.6 is 0 Å². The fourth-order valence-corrected chi connectivity index (χ4v) is 3.82. The third-order valence-electron chi connectivity index (χ3n) is 3.75. The molecule has 0 unspecified atom stereocenters. The molecule has 0 spiro atoms. The van der Waals surface area contributed by atoms with Gasteiger partial charge >= 0.3 is 5.97 Å². The summed E-state index contributed by atoms with van der Waals surface area (Å²) in [7, 11) is -3.46. The summed E-state index contributed by atoms with van der Waals surface area (Å²) in [5.41, 5.74) is 0.364. The second kappa shape index (κ2) is 6.58. The molecule has 21 heavy (non-hydrogen) atoms. The molecule has 0 aliphatic carbocycles. The van der Waals surface area contributed by atoms with Crippen molar-refractivity contribution < 1.29 is 17.9 Å². The Hall–Kier alpha value is -1.40. The van der Waals surface area contributed by atoms with Crippen molar-refractivity contribution in [3.63, 3.8) is 0 Å². The van der Waals surface area contributed by atoms with Crippen LogP contribution in [0, 0.1) is 5.92 Å². The molecule has 0 radical (unpaired) electrons. The van der Waals surface area contributed by atoms with Crippen LogP contribution in [0.4, 0.5) is 0 Å². The maximum absolute atomic E-state index is 12.5. The summed E-state index contributed by atoms with van der Waals surface area (Å²) in [5, 5.41) is 0. The van der Waals surface area contributed by atoms with E-state index in [2.05, 4.69) is 6.92 Å². The Balaban J connectivity index is 2.15. The minimum atomic E-state index is -3.46. The number of hydrogen-bond acceptors (Lipinski definition) is 4. The molecule has 1 aliphatic rings. The van der Waals surface area contributed by atoms with Gasteiger partial charge in [0, 0.05) is 13.1 Å². The summed E-state index contributed by atoms with van der Waals surface area (Å²) >= 11 is 0. The van der Waals surface area contributed by atoms with Gasteiger partial charge in [-0.15, -0.1) is 0 Å². The normalized spacial score (nSPS) is 17.6. The molecule has 1 aromatic carbocycles. The van der Waals surface area contributed by atoms with Crippen LogP contribution in [0.15, 0.2) is 29.2 Å². The molecular weight excluding hydrogens is 290 g/mol. The highest BCUT2D eigenvalue weighted by Gasteiger charge is 2.28. The van der Waals surface area contributed by atoms with Gasteiger partial charge in [-0.3, -0.25) is 0 Å². The van der Waals surface area contributed by atoms with Gasteiger partial charge in [0.05, 0.1) is 17.1 Å². The molecule has 1 saturated heterocycles. The number of hydrogen-bond donors (Lipinski definition) is 0. The number of rotatable bonds is 4. The zero-order valence-electron chi connectivity index (χ0n) is 12.4. The molecule has 1 aromatic rings. The van der Waals surface area contributed by atoms with Crippen molar-refractivity contribution in [3.05, 3.63) is 29.8 Å². The monoisotopic (exact) mass is 311 g/mol. The van der Waals surface area contributed by atoms with E-state index in [1.54, 1.807) is 6.92 Å². The van der Waals surface area contributed by atoms with Gasteiger partial charge in [0.2, 0.25) is 10.0 Å². The van der Waals surface area contributed by atoms with E-state index in [4.69, 9.17) is 4.74 Å². The van der Waals surface area contributed by atoms with E-state index in [0.717, 1.165) is 12.8 Å². The molecular formula is C15H21NO4S. The van der Waals surface area contributed by atoms with Crippen molar-refractivity contribution in [2.75, 3.05) is 19.7 Å². The molecule has 6 heteroatoms. The Labute approximate surface area is 126 Å². The summed E-state index contributed by atoms with van der Waals surface area (Å²) in [4.78, 5) is 11.8. The highest BCUT2D eigenvalue weighted by atomic mass is 32.2. The van der Waals surface area contributed by atoms with Crippen LogP contribution in [0.5, 0.6) is 0 Å². The van der Waals surface area contributed by atoms with E-state index >= 15 is 0 Å². The summed E-state index contributed by atoms with van der Waals surface area (Å²) in [6, 6.07) is 5.94. The summed E-state index contributed by atoms with van der Waals surface area (Å²) < 4.78 is 31.4. The number of piperidine rings is 1. The van der Waals surface area contributed by atoms with E-state index in [9.17, 15) is 13.2 Å². The second-order valence-corrected chi connectivity index (χ2v) is 7.27. The molecule has 1 fully saturated rings. The zero-order valence-corrected chi connectivity index (χ0v) is 13.2. The number of ether oxygens (including phenoxy) is 1. The van der Waals surface area contributed by atoms with Crippen LogP contribution in [0.1, 0.15) is 37.0 Å². The highest BCUT2D eigenvalue weighted by Crippen LogP contribution is 2.23. The Bertz CT molecular complexity index is 587. The standard InChI is InChI=1S/C15H21NO4S/c1-3-20-15(17)13-4-6-14(7-5-13)21(18,19)16-10-8-12(2)9-11-16/h4-7,12H,3,8-11H2,1-2H3. The number of carbonyl (C=O) groups is 1. The van der Waals surface area contributed by atoms with Gasteiger partial charge in [-0.1, -0.05) is 6.92 Å². The third-order valence-corrected chi connectivity index (χ3v) is 5.66. The first kappa shape index (κ1) is 16.0. The highest BCUT2D eigenvalue weighted by molar-refractivity contribution is 7.89. The predicted molar refractivity (Wildman–Crippen MR) is 79.6 cm³/mol. The van der Waals surface area contributed by atoms with Crippen molar-refractivity contribution in [2.45, 2.75) is 31.6 Å². The lowest BCUT2D eigenvalue weighted by atomic mass is 10.0. The smallest absolute Gasteiger partial charge is 0.338 e. The lowest BCUT2D eigenvalue weighted by molar-refractivity contribution is 0.0526. The molecule has 0 N–H and O–H groups in total. The first-order chi connectivity index (χ1) is 9.95. The van der Waals surface area contributed by atoms with Crippen LogP contribution in [0.3, 0.4) is 0 Å². The molecule has 5 nitrogen and oxygen atoms in total. The third kappa shape index (κ3) is 3.63. The number of nitrogens with zero attached hydrogens (tertiary/aromatic N) is 1.